The highest BCUT2D eigenvalue weighted by Gasteiger charge is 2.25. The van der Waals surface area contributed by atoms with Gasteiger partial charge in [0.2, 0.25) is 0 Å². The fourth-order valence-corrected chi connectivity index (χ4v) is 3.31. The molecule has 0 heterocycles. The first kappa shape index (κ1) is 17.4. The lowest BCUT2D eigenvalue weighted by atomic mass is 10.1. The Morgan fingerprint density at radius 2 is 1.70 bits per heavy atom. The summed E-state index contributed by atoms with van der Waals surface area (Å²) in [6.45, 7) is 5.75. The van der Waals surface area contributed by atoms with E-state index in [9.17, 15) is 4.79 Å². The molecule has 0 fully saturated rings. The highest BCUT2D eigenvalue weighted by Crippen LogP contribution is 2.38. The molecule has 122 valence electrons. The first-order chi connectivity index (χ1) is 11.0. The number of esters is 1. The van der Waals surface area contributed by atoms with Crippen molar-refractivity contribution in [3.63, 3.8) is 0 Å². The molecule has 0 aromatic heterocycles. The van der Waals surface area contributed by atoms with Gasteiger partial charge in [0.1, 0.15) is 11.0 Å². The molecule has 1 unspecified atom stereocenters. The molecule has 0 saturated heterocycles. The van der Waals surface area contributed by atoms with Crippen LogP contribution in [0.5, 0.6) is 5.75 Å². The van der Waals surface area contributed by atoms with Gasteiger partial charge >= 0.3 is 5.97 Å². The normalized spacial score (nSPS) is 12.0. The molecule has 0 aliphatic heterocycles. The van der Waals surface area contributed by atoms with Gasteiger partial charge in [0.15, 0.2) is 0 Å². The van der Waals surface area contributed by atoms with Crippen LogP contribution in [0.15, 0.2) is 53.4 Å². The van der Waals surface area contributed by atoms with Crippen LogP contribution in [0.1, 0.15) is 30.2 Å². The summed E-state index contributed by atoms with van der Waals surface area (Å²) in [7, 11) is 1.64. The molecule has 0 bridgehead atoms. The summed E-state index contributed by atoms with van der Waals surface area (Å²) in [6.07, 6.45) is -0.134. The lowest BCUT2D eigenvalue weighted by molar-refractivity contribution is -0.146. The Kier molecular flexibility index (Phi) is 6.11. The molecule has 1 atom stereocenters. The predicted molar refractivity (Wildman–Crippen MR) is 94.0 cm³/mol. The monoisotopic (exact) mass is 330 g/mol. The average molecular weight is 330 g/mol. The maximum Gasteiger partial charge on any atom is 0.324 e. The van der Waals surface area contributed by atoms with Crippen LogP contribution in [0.2, 0.25) is 0 Å². The standard InChI is InChI=1S/C19H22O3S/c1-13(2)22-19(20)18(17-8-6-5-7-14(17)3)23-16-11-9-15(21-4)10-12-16/h5-13,18H,1-4H3. The molecule has 2 rings (SSSR count). The average Bonchev–Trinajstić information content (AvgIpc) is 2.53. The van der Waals surface area contributed by atoms with Gasteiger partial charge in [-0.15, -0.1) is 11.8 Å². The van der Waals surface area contributed by atoms with Gasteiger partial charge < -0.3 is 9.47 Å². The van der Waals surface area contributed by atoms with Crippen LogP contribution in [0.3, 0.4) is 0 Å². The first-order valence-electron chi connectivity index (χ1n) is 7.58. The second-order valence-corrected chi connectivity index (χ2v) is 6.69. The van der Waals surface area contributed by atoms with E-state index in [2.05, 4.69) is 0 Å². The van der Waals surface area contributed by atoms with Gasteiger partial charge in [-0.1, -0.05) is 24.3 Å². The Balaban J connectivity index is 2.29. The van der Waals surface area contributed by atoms with Crippen molar-refractivity contribution >= 4 is 17.7 Å². The molecular formula is C19H22O3S. The smallest absolute Gasteiger partial charge is 0.324 e. The van der Waals surface area contributed by atoms with Gasteiger partial charge in [-0.25, -0.2) is 0 Å². The molecular weight excluding hydrogens is 308 g/mol. The van der Waals surface area contributed by atoms with Gasteiger partial charge in [-0.2, -0.15) is 0 Å². The summed E-state index contributed by atoms with van der Waals surface area (Å²) in [4.78, 5) is 13.6. The van der Waals surface area contributed by atoms with Crippen molar-refractivity contribution < 1.29 is 14.3 Å². The van der Waals surface area contributed by atoms with Crippen molar-refractivity contribution in [2.24, 2.45) is 0 Å². The van der Waals surface area contributed by atoms with E-state index in [-0.39, 0.29) is 17.3 Å². The number of thioether (sulfide) groups is 1. The molecule has 0 N–H and O–H groups in total. The van der Waals surface area contributed by atoms with Gasteiger partial charge in [-0.3, -0.25) is 4.79 Å². The molecule has 4 heteroatoms. The third-order valence-electron chi connectivity index (χ3n) is 3.35. The van der Waals surface area contributed by atoms with Crippen LogP contribution in [-0.4, -0.2) is 19.2 Å². The molecule has 2 aromatic rings. The molecule has 0 aliphatic carbocycles. The second-order valence-electron chi connectivity index (χ2n) is 5.52. The fourth-order valence-electron chi connectivity index (χ4n) is 2.20. The minimum atomic E-state index is -0.382. The summed E-state index contributed by atoms with van der Waals surface area (Å²) in [6, 6.07) is 15.6. The minimum Gasteiger partial charge on any atom is -0.497 e. The number of aryl methyl sites for hydroxylation is 1. The van der Waals surface area contributed by atoms with Crippen molar-refractivity contribution in [2.45, 2.75) is 37.0 Å². The van der Waals surface area contributed by atoms with Crippen LogP contribution >= 0.6 is 11.8 Å². The van der Waals surface area contributed by atoms with Crippen molar-refractivity contribution in [3.8, 4) is 5.75 Å². The summed E-state index contributed by atoms with van der Waals surface area (Å²) in [5.74, 6) is 0.585. The highest BCUT2D eigenvalue weighted by molar-refractivity contribution is 8.00. The van der Waals surface area contributed by atoms with E-state index in [1.807, 2.05) is 69.3 Å². The highest BCUT2D eigenvalue weighted by atomic mass is 32.2. The van der Waals surface area contributed by atoms with Crippen LogP contribution in [0.4, 0.5) is 0 Å². The third kappa shape index (κ3) is 4.76. The van der Waals surface area contributed by atoms with Crippen LogP contribution in [-0.2, 0) is 9.53 Å². The SMILES string of the molecule is COc1ccc(SC(C(=O)OC(C)C)c2ccccc2C)cc1. The zero-order valence-corrected chi connectivity index (χ0v) is 14.7. The number of benzene rings is 2. The minimum absolute atomic E-state index is 0.134. The van der Waals surface area contributed by atoms with E-state index in [0.29, 0.717) is 0 Å². The van der Waals surface area contributed by atoms with Crippen molar-refractivity contribution in [1.82, 2.24) is 0 Å². The number of carbonyl (C=O) groups is 1. The summed E-state index contributed by atoms with van der Waals surface area (Å²) in [5, 5.41) is -0.382. The van der Waals surface area contributed by atoms with Crippen LogP contribution in [0, 0.1) is 6.92 Å². The van der Waals surface area contributed by atoms with E-state index in [1.54, 1.807) is 7.11 Å². The lowest BCUT2D eigenvalue weighted by Gasteiger charge is -2.19. The molecule has 0 spiro atoms. The lowest BCUT2D eigenvalue weighted by Crippen LogP contribution is -2.18. The molecule has 0 aliphatic rings. The zero-order chi connectivity index (χ0) is 16.8. The quantitative estimate of drug-likeness (QED) is 0.563. The third-order valence-corrected chi connectivity index (χ3v) is 4.58. The molecule has 2 aromatic carbocycles. The van der Waals surface area contributed by atoms with E-state index in [0.717, 1.165) is 21.8 Å². The number of rotatable bonds is 6. The summed E-state index contributed by atoms with van der Waals surface area (Å²) in [5.41, 5.74) is 2.07. The number of methoxy groups -OCH3 is 1. The van der Waals surface area contributed by atoms with Crippen LogP contribution in [0.25, 0.3) is 0 Å². The molecule has 0 radical (unpaired) electrons. The Bertz CT molecular complexity index is 650. The van der Waals surface area contributed by atoms with Gasteiger partial charge in [0.25, 0.3) is 0 Å². The number of ether oxygens (including phenoxy) is 2. The molecule has 0 amide bonds. The Morgan fingerprint density at radius 1 is 1.04 bits per heavy atom. The maximum absolute atomic E-state index is 12.6. The van der Waals surface area contributed by atoms with Gasteiger partial charge in [0.05, 0.1) is 13.2 Å². The van der Waals surface area contributed by atoms with Crippen molar-refractivity contribution in [1.29, 1.82) is 0 Å². The Labute approximate surface area is 142 Å². The Hall–Kier alpha value is -1.94. The maximum atomic E-state index is 12.6. The van der Waals surface area contributed by atoms with E-state index in [1.165, 1.54) is 11.8 Å². The van der Waals surface area contributed by atoms with Crippen molar-refractivity contribution in [2.75, 3.05) is 7.11 Å². The number of hydrogen-bond donors (Lipinski definition) is 0. The van der Waals surface area contributed by atoms with E-state index >= 15 is 0 Å². The zero-order valence-electron chi connectivity index (χ0n) is 13.9. The first-order valence-corrected chi connectivity index (χ1v) is 8.46. The number of hydrogen-bond acceptors (Lipinski definition) is 4. The van der Waals surface area contributed by atoms with Crippen molar-refractivity contribution in [3.05, 3.63) is 59.7 Å². The predicted octanol–water partition coefficient (Wildman–Crippen LogP) is 4.79. The topological polar surface area (TPSA) is 35.5 Å². The molecule has 3 nitrogen and oxygen atoms in total. The Morgan fingerprint density at radius 3 is 2.26 bits per heavy atom. The van der Waals surface area contributed by atoms with E-state index in [4.69, 9.17) is 9.47 Å². The molecule has 23 heavy (non-hydrogen) atoms. The molecule has 0 saturated carbocycles. The number of carbonyl (C=O) groups excluding carboxylic acids is 1. The summed E-state index contributed by atoms with van der Waals surface area (Å²) < 4.78 is 10.6. The van der Waals surface area contributed by atoms with Crippen LogP contribution < -0.4 is 4.74 Å². The van der Waals surface area contributed by atoms with Gasteiger partial charge in [-0.05, 0) is 56.2 Å². The van der Waals surface area contributed by atoms with Gasteiger partial charge in [0, 0.05) is 4.90 Å². The van der Waals surface area contributed by atoms with E-state index < -0.39 is 0 Å². The second kappa shape index (κ2) is 8.06. The fraction of sp³-hybridized carbons (Fsp3) is 0.316. The largest absolute Gasteiger partial charge is 0.497 e. The summed E-state index contributed by atoms with van der Waals surface area (Å²) >= 11 is 1.50.